The number of aliphatic hydroxyl groups is 1. The van der Waals surface area contributed by atoms with Gasteiger partial charge in [-0.3, -0.25) is 19.0 Å². The maximum absolute atomic E-state index is 14.7. The number of aliphatic hydroxyl groups excluding tert-OH is 1. The zero-order valence-electron chi connectivity index (χ0n) is 36.6. The zero-order valence-corrected chi connectivity index (χ0v) is 36.6. The first-order valence-electron chi connectivity index (χ1n) is 21.0. The molecule has 4 N–H and O–H groups in total. The maximum Gasteiger partial charge on any atom is 0.407 e. The Morgan fingerprint density at radius 3 is 2.16 bits per heavy atom. The molecule has 4 unspecified atom stereocenters. The van der Waals surface area contributed by atoms with Crippen LogP contribution in [0.4, 0.5) is 9.59 Å². The van der Waals surface area contributed by atoms with Crippen molar-refractivity contribution in [3.05, 3.63) is 121 Å². The molecule has 3 aromatic heterocycles. The Bertz CT molecular complexity index is 2290. The van der Waals surface area contributed by atoms with Crippen molar-refractivity contribution >= 4 is 29.5 Å². The number of amides is 5. The monoisotopic (exact) mass is 845 g/mol. The second-order valence-electron chi connectivity index (χ2n) is 18.1. The molecule has 5 aromatic rings. The van der Waals surface area contributed by atoms with Gasteiger partial charge in [0.25, 0.3) is 0 Å². The Morgan fingerprint density at radius 1 is 0.790 bits per heavy atom. The summed E-state index contributed by atoms with van der Waals surface area (Å²) in [6.07, 6.45) is 5.57. The molecule has 1 fully saturated rings. The molecule has 1 saturated heterocycles. The van der Waals surface area contributed by atoms with Crippen LogP contribution >= 0.6 is 0 Å². The molecule has 0 bridgehead atoms. The van der Waals surface area contributed by atoms with E-state index in [1.54, 1.807) is 34.7 Å². The standard InChI is InChI=1S/C47H59N9O6/c1-46(2,3)40(53-44(60)62-7)42(58)51-34(25-32-16-18-33(19-17-32)36-15-11-12-21-49-36)27-38(57)37(26-31-13-9-8-10-14-31)52-43(59)41(47(4,5)6)55-24-23-54(45(55)61)29-39-50-28-35-20-22-48-30-56(35)39/h8-22,28,30,34,37-38,40-41,57H,23-27,29H2,1-7H3,(H,51,58)(H,52,59)(H,53,60)/t34?,37?,38?,40?,41-/m1/s1. The van der Waals surface area contributed by atoms with Crippen LogP contribution < -0.4 is 16.0 Å². The van der Waals surface area contributed by atoms with Crippen molar-refractivity contribution in [2.75, 3.05) is 20.2 Å². The van der Waals surface area contributed by atoms with Gasteiger partial charge in [0.15, 0.2) is 0 Å². The van der Waals surface area contributed by atoms with Crippen molar-refractivity contribution in [1.29, 1.82) is 0 Å². The molecule has 2 aromatic carbocycles. The number of pyridine rings is 1. The summed E-state index contributed by atoms with van der Waals surface area (Å²) >= 11 is 0. The quantitative estimate of drug-likeness (QED) is 0.101. The first kappa shape index (κ1) is 45.2. The van der Waals surface area contributed by atoms with Gasteiger partial charge in [0.2, 0.25) is 11.8 Å². The van der Waals surface area contributed by atoms with Crippen molar-refractivity contribution in [2.45, 2.75) is 97.6 Å². The molecular formula is C47H59N9O6. The lowest BCUT2D eigenvalue weighted by molar-refractivity contribution is -0.131. The molecule has 5 amide bonds. The van der Waals surface area contributed by atoms with Gasteiger partial charge in [0, 0.05) is 37.1 Å². The number of nitrogens with zero attached hydrogens (tertiary/aromatic N) is 6. The van der Waals surface area contributed by atoms with E-state index in [-0.39, 0.29) is 25.4 Å². The van der Waals surface area contributed by atoms with Crippen LogP contribution in [-0.2, 0) is 33.7 Å². The lowest BCUT2D eigenvalue weighted by Gasteiger charge is -2.38. The molecule has 15 heteroatoms. The number of methoxy groups -OCH3 is 1. The number of carbonyl (C=O) groups excluding carboxylic acids is 4. The van der Waals surface area contributed by atoms with Gasteiger partial charge in [0.1, 0.15) is 24.2 Å². The summed E-state index contributed by atoms with van der Waals surface area (Å²) in [6, 6.07) is 21.4. The summed E-state index contributed by atoms with van der Waals surface area (Å²) in [4.78, 5) is 71.7. The molecular weight excluding hydrogens is 787 g/mol. The van der Waals surface area contributed by atoms with Crippen LogP contribution in [-0.4, -0.2) is 109 Å². The topological polar surface area (TPSA) is 183 Å². The van der Waals surface area contributed by atoms with Crippen LogP contribution in [0, 0.1) is 10.8 Å². The maximum atomic E-state index is 14.7. The normalized spacial score (nSPS) is 15.7. The van der Waals surface area contributed by atoms with Crippen LogP contribution in [0.15, 0.2) is 104 Å². The zero-order chi connectivity index (χ0) is 44.6. The number of fused-ring (bicyclic) bond motifs is 1. The summed E-state index contributed by atoms with van der Waals surface area (Å²) in [6.45, 7) is 12.2. The largest absolute Gasteiger partial charge is 0.453 e. The minimum Gasteiger partial charge on any atom is -0.453 e. The van der Waals surface area contributed by atoms with Gasteiger partial charge in [-0.15, -0.1) is 0 Å². The van der Waals surface area contributed by atoms with Crippen LogP contribution in [0.25, 0.3) is 16.8 Å². The van der Waals surface area contributed by atoms with Crippen LogP contribution in [0.3, 0.4) is 0 Å². The van der Waals surface area contributed by atoms with Crippen molar-refractivity contribution in [3.8, 4) is 11.3 Å². The number of alkyl carbamates (subject to hydrolysis) is 1. The second kappa shape index (κ2) is 19.6. The molecule has 62 heavy (non-hydrogen) atoms. The van der Waals surface area contributed by atoms with E-state index in [1.807, 2.05) is 125 Å². The minimum absolute atomic E-state index is 0.0460. The van der Waals surface area contributed by atoms with Gasteiger partial charge in [-0.2, -0.15) is 0 Å². The van der Waals surface area contributed by atoms with Crippen LogP contribution in [0.2, 0.25) is 0 Å². The molecule has 6 rings (SSSR count). The number of hydrogen-bond donors (Lipinski definition) is 4. The molecule has 1 aliphatic rings. The number of nitrogens with one attached hydrogen (secondary N) is 3. The lowest BCUT2D eigenvalue weighted by Crippen LogP contribution is -2.59. The number of ether oxygens (including phenoxy) is 1. The molecule has 0 spiro atoms. The van der Waals surface area contributed by atoms with Crippen LogP contribution in [0.1, 0.15) is 64.9 Å². The molecule has 0 saturated carbocycles. The van der Waals surface area contributed by atoms with E-state index < -0.39 is 59.0 Å². The fourth-order valence-corrected chi connectivity index (χ4v) is 8.00. The highest BCUT2D eigenvalue weighted by atomic mass is 16.5. The summed E-state index contributed by atoms with van der Waals surface area (Å²) in [5.74, 6) is -0.186. The van der Waals surface area contributed by atoms with Gasteiger partial charge < -0.3 is 35.6 Å². The Morgan fingerprint density at radius 2 is 1.50 bits per heavy atom. The lowest BCUT2D eigenvalue weighted by atomic mass is 9.84. The molecule has 0 radical (unpaired) electrons. The molecule has 5 atom stereocenters. The first-order valence-corrected chi connectivity index (χ1v) is 21.0. The van der Waals surface area contributed by atoms with E-state index in [2.05, 4.69) is 30.9 Å². The average Bonchev–Trinajstić information content (AvgIpc) is 3.81. The fraction of sp³-hybridized carbons (Fsp3) is 0.426. The molecule has 4 heterocycles. The summed E-state index contributed by atoms with van der Waals surface area (Å²) in [7, 11) is 1.24. The van der Waals surface area contributed by atoms with Gasteiger partial charge in [-0.05, 0) is 59.4 Å². The predicted octanol–water partition coefficient (Wildman–Crippen LogP) is 5.42. The summed E-state index contributed by atoms with van der Waals surface area (Å²) < 4.78 is 6.69. The van der Waals surface area contributed by atoms with E-state index in [0.717, 1.165) is 27.9 Å². The van der Waals surface area contributed by atoms with Gasteiger partial charge in [-0.25, -0.2) is 19.6 Å². The van der Waals surface area contributed by atoms with Gasteiger partial charge >= 0.3 is 12.1 Å². The van der Waals surface area contributed by atoms with Gasteiger partial charge in [0.05, 0.1) is 43.2 Å². The third-order valence-corrected chi connectivity index (χ3v) is 11.2. The van der Waals surface area contributed by atoms with E-state index in [1.165, 1.54) is 7.11 Å². The Kier molecular flexibility index (Phi) is 14.3. The molecule has 1 aliphatic heterocycles. The number of imidazole rings is 1. The molecule has 328 valence electrons. The number of benzene rings is 2. The van der Waals surface area contributed by atoms with E-state index in [9.17, 15) is 24.3 Å². The minimum atomic E-state index is -1.16. The van der Waals surface area contributed by atoms with Crippen LogP contribution in [0.5, 0.6) is 0 Å². The van der Waals surface area contributed by atoms with E-state index >= 15 is 0 Å². The Balaban J connectivity index is 1.25. The second-order valence-corrected chi connectivity index (χ2v) is 18.1. The molecule has 0 aliphatic carbocycles. The smallest absolute Gasteiger partial charge is 0.407 e. The Hall–Kier alpha value is -6.35. The van der Waals surface area contributed by atoms with Crippen molar-refractivity contribution in [1.82, 2.24) is 45.1 Å². The van der Waals surface area contributed by atoms with Gasteiger partial charge in [-0.1, -0.05) is 102 Å². The number of aromatic nitrogens is 4. The number of hydrogen-bond acceptors (Lipinski definition) is 9. The third-order valence-electron chi connectivity index (χ3n) is 11.2. The van der Waals surface area contributed by atoms with E-state index in [4.69, 9.17) is 4.74 Å². The third kappa shape index (κ3) is 11.3. The predicted molar refractivity (Wildman–Crippen MR) is 236 cm³/mol. The highest BCUT2D eigenvalue weighted by Crippen LogP contribution is 2.30. The first-order chi connectivity index (χ1) is 29.5. The number of carbonyl (C=O) groups is 4. The fourth-order valence-electron chi connectivity index (χ4n) is 8.00. The highest BCUT2D eigenvalue weighted by Gasteiger charge is 2.45. The highest BCUT2D eigenvalue weighted by molar-refractivity contribution is 5.89. The SMILES string of the molecule is COC(=O)NC(C(=O)NC(Cc1ccc(-c2ccccn2)cc1)CC(O)C(Cc1ccccc1)NC(=O)[C@@H](N1CCN(Cc2ncc3ccncn23)C1=O)C(C)(C)C)C(C)(C)C. The van der Waals surface area contributed by atoms with Crippen molar-refractivity contribution in [3.63, 3.8) is 0 Å². The van der Waals surface area contributed by atoms with Crippen molar-refractivity contribution < 1.29 is 29.0 Å². The summed E-state index contributed by atoms with van der Waals surface area (Å²) in [5.41, 5.74) is 3.01. The van der Waals surface area contributed by atoms with E-state index in [0.29, 0.717) is 25.3 Å². The summed E-state index contributed by atoms with van der Waals surface area (Å²) in [5, 5.41) is 21.2. The number of rotatable bonds is 16. The number of urea groups is 1. The Labute approximate surface area is 363 Å². The average molecular weight is 846 g/mol. The van der Waals surface area contributed by atoms with Crippen molar-refractivity contribution in [2.24, 2.45) is 10.8 Å². The molecule has 15 nitrogen and oxygen atoms in total.